The number of anilines is 1. The van der Waals surface area contributed by atoms with Crippen LogP contribution in [0.5, 0.6) is 11.5 Å². The van der Waals surface area contributed by atoms with E-state index in [1.807, 2.05) is 0 Å². The molecule has 1 heterocycles. The van der Waals surface area contributed by atoms with E-state index in [1.54, 1.807) is 25.1 Å². The molecule has 8 heteroatoms. The third kappa shape index (κ3) is 3.57. The van der Waals surface area contributed by atoms with Crippen molar-refractivity contribution in [2.45, 2.75) is 6.92 Å². The summed E-state index contributed by atoms with van der Waals surface area (Å²) in [6.07, 6.45) is 1.29. The van der Waals surface area contributed by atoms with Gasteiger partial charge in [0.05, 0.1) is 19.4 Å². The summed E-state index contributed by atoms with van der Waals surface area (Å²) in [6, 6.07) is 9.15. The number of para-hydroxylation sites is 1. The highest BCUT2D eigenvalue weighted by Gasteiger charge is 2.38. The lowest BCUT2D eigenvalue weighted by molar-refractivity contribution is -0.122. The van der Waals surface area contributed by atoms with Crippen molar-refractivity contribution in [1.29, 1.82) is 0 Å². The topological polar surface area (TPSA) is 84.9 Å². The van der Waals surface area contributed by atoms with Gasteiger partial charge >= 0.3 is 6.03 Å². The Morgan fingerprint density at radius 2 is 1.89 bits per heavy atom. The van der Waals surface area contributed by atoms with Crippen LogP contribution in [0.25, 0.3) is 6.08 Å². The van der Waals surface area contributed by atoms with Gasteiger partial charge < -0.3 is 9.47 Å². The Kier molecular flexibility index (Phi) is 5.39. The van der Waals surface area contributed by atoms with E-state index < -0.39 is 23.7 Å². The second-order valence-electron chi connectivity index (χ2n) is 5.75. The standard InChI is InChI=1S/C20H17FN2O5/c1-3-28-17-11-13(27-2)9-8-12(17)10-14-18(24)22-20(26)23(19(14)25)16-7-5-4-6-15(16)21/h4-11H,3H2,1-2H3,(H,22,24,26)/b14-10-. The van der Waals surface area contributed by atoms with Gasteiger partial charge in [-0.25, -0.2) is 14.1 Å². The van der Waals surface area contributed by atoms with Gasteiger partial charge in [-0.15, -0.1) is 0 Å². The zero-order chi connectivity index (χ0) is 20.3. The summed E-state index contributed by atoms with van der Waals surface area (Å²) in [5, 5.41) is 2.06. The number of ether oxygens (including phenoxy) is 2. The van der Waals surface area contributed by atoms with E-state index in [2.05, 4.69) is 5.32 Å². The molecule has 0 atom stereocenters. The smallest absolute Gasteiger partial charge is 0.336 e. The predicted octanol–water partition coefficient (Wildman–Crippen LogP) is 2.90. The number of carbonyl (C=O) groups excluding carboxylic acids is 3. The largest absolute Gasteiger partial charge is 0.497 e. The minimum Gasteiger partial charge on any atom is -0.497 e. The lowest BCUT2D eigenvalue weighted by Crippen LogP contribution is -2.54. The summed E-state index contributed by atoms with van der Waals surface area (Å²) >= 11 is 0. The minimum absolute atomic E-state index is 0.247. The molecule has 1 fully saturated rings. The lowest BCUT2D eigenvalue weighted by Gasteiger charge is -2.26. The van der Waals surface area contributed by atoms with Crippen LogP contribution in [0.2, 0.25) is 0 Å². The number of nitrogens with zero attached hydrogens (tertiary/aromatic N) is 1. The molecule has 0 aliphatic carbocycles. The van der Waals surface area contributed by atoms with Crippen molar-refractivity contribution in [3.63, 3.8) is 0 Å². The van der Waals surface area contributed by atoms with Gasteiger partial charge in [0.15, 0.2) is 0 Å². The first-order valence-electron chi connectivity index (χ1n) is 8.43. The van der Waals surface area contributed by atoms with Gasteiger partial charge in [-0.05, 0) is 37.3 Å². The van der Waals surface area contributed by atoms with Crippen LogP contribution in [-0.4, -0.2) is 31.6 Å². The molecule has 4 amide bonds. The molecule has 0 saturated carbocycles. The lowest BCUT2D eigenvalue weighted by atomic mass is 10.1. The summed E-state index contributed by atoms with van der Waals surface area (Å²) in [6.45, 7) is 2.14. The van der Waals surface area contributed by atoms with Crippen LogP contribution < -0.4 is 19.7 Å². The summed E-state index contributed by atoms with van der Waals surface area (Å²) in [4.78, 5) is 37.9. The average molecular weight is 384 g/mol. The number of imide groups is 2. The maximum atomic E-state index is 14.1. The molecule has 0 radical (unpaired) electrons. The number of rotatable bonds is 5. The number of nitrogens with one attached hydrogen (secondary N) is 1. The fourth-order valence-electron chi connectivity index (χ4n) is 2.71. The first kappa shape index (κ1) is 19.1. The molecule has 0 aromatic heterocycles. The van der Waals surface area contributed by atoms with Crippen LogP contribution in [-0.2, 0) is 9.59 Å². The number of methoxy groups -OCH3 is 1. The van der Waals surface area contributed by atoms with Gasteiger partial charge in [-0.2, -0.15) is 0 Å². The monoisotopic (exact) mass is 384 g/mol. The molecule has 0 unspecified atom stereocenters. The fourth-order valence-corrected chi connectivity index (χ4v) is 2.71. The van der Waals surface area contributed by atoms with E-state index >= 15 is 0 Å². The summed E-state index contributed by atoms with van der Waals surface area (Å²) in [5.41, 5.74) is -0.138. The summed E-state index contributed by atoms with van der Waals surface area (Å²) < 4.78 is 24.8. The van der Waals surface area contributed by atoms with Crippen LogP contribution in [0.3, 0.4) is 0 Å². The molecular weight excluding hydrogens is 367 g/mol. The summed E-state index contributed by atoms with van der Waals surface area (Å²) in [5.74, 6) is -1.64. The van der Waals surface area contributed by atoms with Gasteiger partial charge in [0.1, 0.15) is 22.9 Å². The molecule has 1 N–H and O–H groups in total. The normalized spacial score (nSPS) is 15.6. The Morgan fingerprint density at radius 3 is 2.57 bits per heavy atom. The second-order valence-corrected chi connectivity index (χ2v) is 5.75. The number of hydrogen-bond acceptors (Lipinski definition) is 5. The van der Waals surface area contributed by atoms with Gasteiger partial charge in [0, 0.05) is 11.6 Å². The van der Waals surface area contributed by atoms with Crippen molar-refractivity contribution in [2.24, 2.45) is 0 Å². The van der Waals surface area contributed by atoms with Crippen LogP contribution in [0.1, 0.15) is 12.5 Å². The van der Waals surface area contributed by atoms with Gasteiger partial charge in [0.25, 0.3) is 11.8 Å². The molecule has 2 aromatic carbocycles. The van der Waals surface area contributed by atoms with Gasteiger partial charge in [-0.3, -0.25) is 14.9 Å². The van der Waals surface area contributed by atoms with Crippen molar-refractivity contribution in [3.8, 4) is 11.5 Å². The Balaban J connectivity index is 2.06. The third-order valence-corrected chi connectivity index (χ3v) is 4.02. The Morgan fingerprint density at radius 1 is 1.14 bits per heavy atom. The maximum Gasteiger partial charge on any atom is 0.336 e. The quantitative estimate of drug-likeness (QED) is 0.633. The highest BCUT2D eigenvalue weighted by molar-refractivity contribution is 6.39. The average Bonchev–Trinajstić information content (AvgIpc) is 2.67. The van der Waals surface area contributed by atoms with E-state index in [4.69, 9.17) is 9.47 Å². The molecule has 3 rings (SSSR count). The van der Waals surface area contributed by atoms with E-state index in [9.17, 15) is 18.8 Å². The first-order valence-corrected chi connectivity index (χ1v) is 8.43. The van der Waals surface area contributed by atoms with Crippen LogP contribution >= 0.6 is 0 Å². The van der Waals surface area contributed by atoms with Crippen LogP contribution in [0, 0.1) is 5.82 Å². The molecule has 1 aliphatic heterocycles. The molecule has 28 heavy (non-hydrogen) atoms. The second kappa shape index (κ2) is 7.91. The van der Waals surface area contributed by atoms with Crippen molar-refractivity contribution < 1.29 is 28.2 Å². The van der Waals surface area contributed by atoms with Crippen molar-refractivity contribution >= 4 is 29.6 Å². The fraction of sp³-hybridized carbons (Fsp3) is 0.150. The SMILES string of the molecule is CCOc1cc(OC)ccc1/C=C1/C(=O)NC(=O)N(c2ccccc2F)C1=O. The van der Waals surface area contributed by atoms with E-state index in [-0.39, 0.29) is 11.3 Å². The number of halogens is 1. The number of hydrogen-bond donors (Lipinski definition) is 1. The molecule has 7 nitrogen and oxygen atoms in total. The maximum absolute atomic E-state index is 14.1. The minimum atomic E-state index is -1.02. The third-order valence-electron chi connectivity index (χ3n) is 4.02. The number of amides is 4. The van der Waals surface area contributed by atoms with Gasteiger partial charge in [0.2, 0.25) is 0 Å². The van der Waals surface area contributed by atoms with Gasteiger partial charge in [-0.1, -0.05) is 12.1 Å². The molecule has 2 aromatic rings. The van der Waals surface area contributed by atoms with Crippen LogP contribution in [0.4, 0.5) is 14.9 Å². The zero-order valence-corrected chi connectivity index (χ0v) is 15.2. The van der Waals surface area contributed by atoms with E-state index in [0.29, 0.717) is 28.6 Å². The van der Waals surface area contributed by atoms with Crippen molar-refractivity contribution in [2.75, 3.05) is 18.6 Å². The Hall–Kier alpha value is -3.68. The molecule has 0 spiro atoms. The van der Waals surface area contributed by atoms with E-state index in [0.717, 1.165) is 6.07 Å². The molecule has 1 saturated heterocycles. The van der Waals surface area contributed by atoms with Crippen molar-refractivity contribution in [3.05, 3.63) is 59.4 Å². The van der Waals surface area contributed by atoms with Crippen LogP contribution in [0.15, 0.2) is 48.0 Å². The number of carbonyl (C=O) groups is 3. The predicted molar refractivity (Wildman–Crippen MR) is 99.6 cm³/mol. The summed E-state index contributed by atoms with van der Waals surface area (Å²) in [7, 11) is 1.50. The Labute approximate surface area is 160 Å². The number of benzene rings is 2. The molecule has 144 valence electrons. The molecule has 0 bridgehead atoms. The molecular formula is C20H17FN2O5. The highest BCUT2D eigenvalue weighted by Crippen LogP contribution is 2.29. The number of barbiturate groups is 1. The highest BCUT2D eigenvalue weighted by atomic mass is 19.1. The first-order chi connectivity index (χ1) is 13.5. The zero-order valence-electron chi connectivity index (χ0n) is 15.2. The molecule has 1 aliphatic rings. The number of urea groups is 1. The van der Waals surface area contributed by atoms with E-state index in [1.165, 1.54) is 31.4 Å². The van der Waals surface area contributed by atoms with Crippen molar-refractivity contribution in [1.82, 2.24) is 5.32 Å². The Bertz CT molecular complexity index is 986.